The summed E-state index contributed by atoms with van der Waals surface area (Å²) in [5, 5.41) is 0. The SMILES string of the molecule is CCS(=O)(=O)c1ccc(-c2c(-c3ccc(F)cc3)sc(C(N)=O)c2C)cc1. The van der Waals surface area contributed by atoms with Gasteiger partial charge in [-0.1, -0.05) is 31.2 Å². The van der Waals surface area contributed by atoms with Gasteiger partial charge in [0.1, 0.15) is 5.82 Å². The Kier molecular flexibility index (Phi) is 5.17. The van der Waals surface area contributed by atoms with Crippen molar-refractivity contribution in [3.63, 3.8) is 0 Å². The van der Waals surface area contributed by atoms with Gasteiger partial charge < -0.3 is 5.73 Å². The molecule has 0 radical (unpaired) electrons. The smallest absolute Gasteiger partial charge is 0.259 e. The molecule has 140 valence electrons. The molecule has 0 aliphatic heterocycles. The standard InChI is InChI=1S/C20H18FNO3S2/c1-3-27(24,25)16-10-6-13(7-11-16)17-12(2)18(20(22)23)26-19(17)14-4-8-15(21)9-5-14/h4-11H,3H2,1-2H3,(H2,22,23). The second-order valence-electron chi connectivity index (χ2n) is 6.06. The lowest BCUT2D eigenvalue weighted by molar-refractivity contribution is 0.100. The van der Waals surface area contributed by atoms with Crippen LogP contribution in [0.25, 0.3) is 21.6 Å². The molecule has 1 amide bonds. The lowest BCUT2D eigenvalue weighted by Crippen LogP contribution is -2.10. The molecule has 2 N–H and O–H groups in total. The van der Waals surface area contributed by atoms with E-state index < -0.39 is 15.7 Å². The molecule has 1 aromatic heterocycles. The zero-order valence-electron chi connectivity index (χ0n) is 14.8. The number of carbonyl (C=O) groups is 1. The van der Waals surface area contributed by atoms with Crippen LogP contribution in [-0.4, -0.2) is 20.1 Å². The van der Waals surface area contributed by atoms with Crippen LogP contribution < -0.4 is 5.73 Å². The Bertz CT molecular complexity index is 1100. The summed E-state index contributed by atoms with van der Waals surface area (Å²) in [6.07, 6.45) is 0. The first-order chi connectivity index (χ1) is 12.7. The quantitative estimate of drug-likeness (QED) is 0.685. The number of halogens is 1. The predicted molar refractivity (Wildman–Crippen MR) is 106 cm³/mol. The molecular weight excluding hydrogens is 385 g/mol. The van der Waals surface area contributed by atoms with Crippen molar-refractivity contribution in [3.05, 3.63) is 64.8 Å². The molecule has 0 unspecified atom stereocenters. The Labute approximate surface area is 161 Å². The van der Waals surface area contributed by atoms with Crippen molar-refractivity contribution in [3.8, 4) is 21.6 Å². The number of thiophene rings is 1. The first-order valence-corrected chi connectivity index (χ1v) is 10.7. The van der Waals surface area contributed by atoms with Gasteiger partial charge in [0.2, 0.25) is 0 Å². The lowest BCUT2D eigenvalue weighted by Gasteiger charge is -2.08. The van der Waals surface area contributed by atoms with E-state index in [1.54, 1.807) is 50.2 Å². The number of sulfone groups is 1. The van der Waals surface area contributed by atoms with Crippen LogP contribution in [0.2, 0.25) is 0 Å². The zero-order valence-corrected chi connectivity index (χ0v) is 16.5. The largest absolute Gasteiger partial charge is 0.365 e. The van der Waals surface area contributed by atoms with Gasteiger partial charge in [0.25, 0.3) is 5.91 Å². The van der Waals surface area contributed by atoms with Gasteiger partial charge in [-0.15, -0.1) is 11.3 Å². The Hall–Kier alpha value is -2.51. The number of carbonyl (C=O) groups excluding carboxylic acids is 1. The molecular formula is C20H18FNO3S2. The van der Waals surface area contributed by atoms with Gasteiger partial charge in [0, 0.05) is 10.4 Å². The molecule has 0 fully saturated rings. The van der Waals surface area contributed by atoms with E-state index >= 15 is 0 Å². The van der Waals surface area contributed by atoms with Crippen molar-refractivity contribution >= 4 is 27.1 Å². The predicted octanol–water partition coefficient (Wildman–Crippen LogP) is 4.42. The van der Waals surface area contributed by atoms with Crippen LogP contribution in [0.5, 0.6) is 0 Å². The molecule has 0 saturated carbocycles. The second kappa shape index (κ2) is 7.25. The molecule has 0 aliphatic carbocycles. The van der Waals surface area contributed by atoms with Gasteiger partial charge in [-0.2, -0.15) is 0 Å². The maximum Gasteiger partial charge on any atom is 0.259 e. The molecule has 0 spiro atoms. The minimum absolute atomic E-state index is 0.0243. The fourth-order valence-electron chi connectivity index (χ4n) is 2.90. The summed E-state index contributed by atoms with van der Waals surface area (Å²) in [5.41, 5.74) is 8.55. The Balaban J connectivity index is 2.19. The normalized spacial score (nSPS) is 11.5. The van der Waals surface area contributed by atoms with Gasteiger partial charge in [-0.05, 0) is 47.9 Å². The Morgan fingerprint density at radius 1 is 1.04 bits per heavy atom. The van der Waals surface area contributed by atoms with Crippen LogP contribution in [0.15, 0.2) is 53.4 Å². The van der Waals surface area contributed by atoms with Crippen molar-refractivity contribution in [2.24, 2.45) is 5.73 Å². The fourth-order valence-corrected chi connectivity index (χ4v) is 4.97. The third-order valence-corrected chi connectivity index (χ3v) is 7.47. The van der Waals surface area contributed by atoms with E-state index in [0.29, 0.717) is 4.88 Å². The number of nitrogens with two attached hydrogens (primary N) is 1. The minimum atomic E-state index is -3.30. The summed E-state index contributed by atoms with van der Waals surface area (Å²) in [5.74, 6) is -0.855. The van der Waals surface area contributed by atoms with E-state index in [1.807, 2.05) is 0 Å². The Morgan fingerprint density at radius 3 is 2.11 bits per heavy atom. The molecule has 27 heavy (non-hydrogen) atoms. The van der Waals surface area contributed by atoms with Crippen molar-refractivity contribution in [1.82, 2.24) is 0 Å². The molecule has 0 atom stereocenters. The van der Waals surface area contributed by atoms with Gasteiger partial charge >= 0.3 is 0 Å². The molecule has 7 heteroatoms. The topological polar surface area (TPSA) is 77.2 Å². The average Bonchev–Trinajstić information content (AvgIpc) is 3.00. The minimum Gasteiger partial charge on any atom is -0.365 e. The summed E-state index contributed by atoms with van der Waals surface area (Å²) in [7, 11) is -3.30. The van der Waals surface area contributed by atoms with Crippen molar-refractivity contribution in [2.45, 2.75) is 18.7 Å². The monoisotopic (exact) mass is 403 g/mol. The average molecular weight is 404 g/mol. The highest BCUT2D eigenvalue weighted by molar-refractivity contribution is 7.91. The van der Waals surface area contributed by atoms with E-state index in [0.717, 1.165) is 27.1 Å². The molecule has 3 rings (SSSR count). The van der Waals surface area contributed by atoms with Gasteiger partial charge in [-0.25, -0.2) is 12.8 Å². The summed E-state index contributed by atoms with van der Waals surface area (Å²) in [6, 6.07) is 12.6. The first-order valence-electron chi connectivity index (χ1n) is 8.27. The number of hydrogen-bond acceptors (Lipinski definition) is 4. The highest BCUT2D eigenvalue weighted by Gasteiger charge is 2.21. The summed E-state index contributed by atoms with van der Waals surface area (Å²) in [6.45, 7) is 3.40. The number of hydrogen-bond donors (Lipinski definition) is 1. The lowest BCUT2D eigenvalue weighted by atomic mass is 9.98. The number of rotatable bonds is 5. The maximum absolute atomic E-state index is 13.3. The van der Waals surface area contributed by atoms with E-state index in [2.05, 4.69) is 0 Å². The molecule has 4 nitrogen and oxygen atoms in total. The van der Waals surface area contributed by atoms with Crippen molar-refractivity contribution in [1.29, 1.82) is 0 Å². The van der Waals surface area contributed by atoms with E-state index in [4.69, 9.17) is 5.73 Å². The Morgan fingerprint density at radius 2 is 1.59 bits per heavy atom. The van der Waals surface area contributed by atoms with Gasteiger partial charge in [-0.3, -0.25) is 4.79 Å². The van der Waals surface area contributed by atoms with Crippen LogP contribution in [-0.2, 0) is 9.84 Å². The molecule has 1 heterocycles. The first kappa shape index (κ1) is 19.3. The van der Waals surface area contributed by atoms with E-state index in [-0.39, 0.29) is 16.5 Å². The molecule has 3 aromatic rings. The molecule has 0 aliphatic rings. The highest BCUT2D eigenvalue weighted by Crippen LogP contribution is 2.43. The van der Waals surface area contributed by atoms with Crippen LogP contribution in [0.3, 0.4) is 0 Å². The van der Waals surface area contributed by atoms with Gasteiger partial charge in [0.15, 0.2) is 9.84 Å². The summed E-state index contributed by atoms with van der Waals surface area (Å²) < 4.78 is 37.4. The number of primary amides is 1. The number of amides is 1. The van der Waals surface area contributed by atoms with Crippen LogP contribution in [0, 0.1) is 12.7 Å². The van der Waals surface area contributed by atoms with Crippen molar-refractivity contribution < 1.29 is 17.6 Å². The number of benzene rings is 2. The third-order valence-electron chi connectivity index (χ3n) is 4.36. The van der Waals surface area contributed by atoms with Crippen molar-refractivity contribution in [2.75, 3.05) is 5.75 Å². The highest BCUT2D eigenvalue weighted by atomic mass is 32.2. The maximum atomic E-state index is 13.3. The van der Waals surface area contributed by atoms with Gasteiger partial charge in [0.05, 0.1) is 15.5 Å². The summed E-state index contributed by atoms with van der Waals surface area (Å²) in [4.78, 5) is 13.3. The molecule has 0 saturated heterocycles. The fraction of sp³-hybridized carbons (Fsp3) is 0.150. The summed E-state index contributed by atoms with van der Waals surface area (Å²) >= 11 is 1.25. The van der Waals surface area contributed by atoms with E-state index in [1.165, 1.54) is 23.5 Å². The second-order valence-corrected chi connectivity index (χ2v) is 9.36. The molecule has 2 aromatic carbocycles. The molecule has 0 bridgehead atoms. The van der Waals surface area contributed by atoms with Crippen LogP contribution in [0.1, 0.15) is 22.2 Å². The van der Waals surface area contributed by atoms with Crippen LogP contribution in [0.4, 0.5) is 4.39 Å². The zero-order chi connectivity index (χ0) is 19.8. The van der Waals surface area contributed by atoms with E-state index in [9.17, 15) is 17.6 Å². The third kappa shape index (κ3) is 3.65. The van der Waals surface area contributed by atoms with Crippen LogP contribution >= 0.6 is 11.3 Å².